The zero-order valence-corrected chi connectivity index (χ0v) is 31.9. The topological polar surface area (TPSA) is 48.5 Å². The Labute approximate surface area is 332 Å². The van der Waals surface area contributed by atoms with Gasteiger partial charge in [0.05, 0.1) is 22.1 Å². The van der Waals surface area contributed by atoms with Gasteiger partial charge in [-0.05, 0) is 101 Å². The Morgan fingerprint density at radius 1 is 0.400 bits per heavy atom. The molecule has 0 N–H and O–H groups in total. The van der Waals surface area contributed by atoms with Gasteiger partial charge in [0.25, 0.3) is 0 Å². The van der Waals surface area contributed by atoms with E-state index in [4.69, 9.17) is 9.97 Å². The van der Waals surface area contributed by atoms with Crippen LogP contribution in [-0.4, -0.2) is 24.1 Å². The molecule has 0 spiro atoms. The summed E-state index contributed by atoms with van der Waals surface area (Å²) in [7, 11) is 0. The van der Waals surface area contributed by atoms with Gasteiger partial charge in [0.2, 0.25) is 0 Å². The Morgan fingerprint density at radius 2 is 0.891 bits per heavy atom. The molecular formula is C49H32IrN5-. The summed E-state index contributed by atoms with van der Waals surface area (Å²) in [5.74, 6) is 1.73. The number of para-hydroxylation sites is 6. The molecule has 0 aliphatic rings. The van der Waals surface area contributed by atoms with Gasteiger partial charge in [0, 0.05) is 48.8 Å². The van der Waals surface area contributed by atoms with Crippen molar-refractivity contribution < 1.29 is 20.1 Å². The average Bonchev–Trinajstić information content (AvgIpc) is 3.84. The molecule has 0 bridgehead atoms. The SMILES string of the molecule is [Ir].[c-]1ccc(-c2cccc(-c3cc(-c4nc5ccccc5n4-c4ccccc4)cc(-c4nc5ccccc5n4-c4ccccc4)c3)c2)cc1-c1ccccn1. The second-order valence-corrected chi connectivity index (χ2v) is 13.3. The number of nitrogens with zero attached hydrogens (tertiary/aromatic N) is 5. The summed E-state index contributed by atoms with van der Waals surface area (Å²) < 4.78 is 4.52. The van der Waals surface area contributed by atoms with Crippen molar-refractivity contribution in [2.45, 2.75) is 0 Å². The first-order valence-electron chi connectivity index (χ1n) is 18.0. The maximum Gasteiger partial charge on any atom is 0.145 e. The molecule has 0 unspecified atom stereocenters. The number of hydrogen-bond donors (Lipinski definition) is 0. The predicted molar refractivity (Wildman–Crippen MR) is 220 cm³/mol. The van der Waals surface area contributed by atoms with Gasteiger partial charge in [-0.1, -0.05) is 91.0 Å². The van der Waals surface area contributed by atoms with Crippen LogP contribution in [0, 0.1) is 6.07 Å². The summed E-state index contributed by atoms with van der Waals surface area (Å²) in [6.45, 7) is 0. The van der Waals surface area contributed by atoms with E-state index in [-0.39, 0.29) is 20.1 Å². The minimum Gasteiger partial charge on any atom is -0.305 e. The maximum atomic E-state index is 5.28. The first kappa shape index (κ1) is 34.1. The molecule has 0 aliphatic carbocycles. The molecule has 0 amide bonds. The number of benzene rings is 7. The third-order valence-corrected chi connectivity index (χ3v) is 9.87. The van der Waals surface area contributed by atoms with Crippen molar-refractivity contribution in [3.63, 3.8) is 0 Å². The van der Waals surface area contributed by atoms with Gasteiger partial charge in [-0.2, -0.15) is 0 Å². The molecule has 55 heavy (non-hydrogen) atoms. The van der Waals surface area contributed by atoms with E-state index in [0.29, 0.717) is 0 Å². The summed E-state index contributed by atoms with van der Waals surface area (Å²) >= 11 is 0. The quantitative estimate of drug-likeness (QED) is 0.150. The van der Waals surface area contributed by atoms with Crippen LogP contribution in [0.4, 0.5) is 0 Å². The van der Waals surface area contributed by atoms with Crippen molar-refractivity contribution in [3.8, 4) is 67.7 Å². The van der Waals surface area contributed by atoms with Gasteiger partial charge in [-0.15, -0.1) is 35.4 Å². The Kier molecular flexibility index (Phi) is 9.05. The summed E-state index contributed by atoms with van der Waals surface area (Å²) in [4.78, 5) is 15.1. The number of pyridine rings is 1. The van der Waals surface area contributed by atoms with Crippen molar-refractivity contribution in [3.05, 3.63) is 200 Å². The number of rotatable bonds is 7. The molecule has 7 aromatic carbocycles. The molecular weight excluding hydrogens is 851 g/mol. The summed E-state index contributed by atoms with van der Waals surface area (Å²) in [5, 5.41) is 0. The molecule has 10 rings (SSSR count). The molecule has 0 saturated carbocycles. The van der Waals surface area contributed by atoms with E-state index in [1.165, 1.54) is 0 Å². The van der Waals surface area contributed by atoms with E-state index in [1.807, 2.05) is 54.7 Å². The van der Waals surface area contributed by atoms with Crippen LogP contribution in [0.25, 0.3) is 89.7 Å². The average molecular weight is 883 g/mol. The Hall–Kier alpha value is -6.72. The molecule has 1 radical (unpaired) electrons. The Bertz CT molecular complexity index is 2800. The van der Waals surface area contributed by atoms with Crippen LogP contribution in [0.2, 0.25) is 0 Å². The molecule has 5 nitrogen and oxygen atoms in total. The molecule has 3 heterocycles. The van der Waals surface area contributed by atoms with E-state index in [2.05, 4.69) is 160 Å². The molecule has 0 saturated heterocycles. The second-order valence-electron chi connectivity index (χ2n) is 13.3. The molecule has 10 aromatic rings. The van der Waals surface area contributed by atoms with Crippen molar-refractivity contribution in [2.75, 3.05) is 0 Å². The van der Waals surface area contributed by atoms with Crippen LogP contribution in [0.15, 0.2) is 194 Å². The summed E-state index contributed by atoms with van der Waals surface area (Å²) in [6, 6.07) is 68.7. The number of fused-ring (bicyclic) bond motifs is 2. The van der Waals surface area contributed by atoms with Crippen LogP contribution < -0.4 is 0 Å². The van der Waals surface area contributed by atoms with Crippen molar-refractivity contribution in [1.82, 2.24) is 24.1 Å². The predicted octanol–water partition coefficient (Wildman–Crippen LogP) is 11.9. The molecule has 6 heteroatoms. The zero-order valence-electron chi connectivity index (χ0n) is 29.5. The largest absolute Gasteiger partial charge is 0.305 e. The van der Waals surface area contributed by atoms with Crippen molar-refractivity contribution >= 4 is 22.1 Å². The van der Waals surface area contributed by atoms with Gasteiger partial charge in [-0.25, -0.2) is 9.97 Å². The number of aromatic nitrogens is 5. The van der Waals surface area contributed by atoms with Gasteiger partial charge < -0.3 is 4.98 Å². The fraction of sp³-hybridized carbons (Fsp3) is 0. The standard InChI is InChI=1S/C49H32N5.Ir/c1-3-19-41(20-4-1)53-46-26-9-7-24-44(46)51-48(53)39-31-38(36-17-13-15-34(29-36)35-16-14-18-37(30-35)43-23-11-12-28-50-43)32-40(33-39)49-52-45-25-8-10-27-47(45)54(49)42-21-5-2-6-22-42;/h1-17,19-33H;/q-1;. The second kappa shape index (κ2) is 14.6. The molecule has 0 atom stereocenters. The Balaban J connectivity index is 0.00000397. The molecule has 0 aliphatic heterocycles. The van der Waals surface area contributed by atoms with Crippen LogP contribution in [-0.2, 0) is 20.1 Å². The zero-order chi connectivity index (χ0) is 35.8. The monoisotopic (exact) mass is 883 g/mol. The fourth-order valence-electron chi connectivity index (χ4n) is 7.36. The van der Waals surface area contributed by atoms with E-state index >= 15 is 0 Å². The molecule has 3 aromatic heterocycles. The summed E-state index contributed by atoms with van der Waals surface area (Å²) in [5.41, 5.74) is 14.3. The maximum absolute atomic E-state index is 5.28. The third kappa shape index (κ3) is 6.38. The first-order chi connectivity index (χ1) is 26.8. The molecule has 263 valence electrons. The number of imidazole rings is 2. The number of hydrogen-bond acceptors (Lipinski definition) is 3. The van der Waals surface area contributed by atoms with Crippen LogP contribution in [0.5, 0.6) is 0 Å². The van der Waals surface area contributed by atoms with Gasteiger partial charge in [0.15, 0.2) is 0 Å². The van der Waals surface area contributed by atoms with Crippen LogP contribution in [0.1, 0.15) is 0 Å². The fourth-order valence-corrected chi connectivity index (χ4v) is 7.36. The van der Waals surface area contributed by atoms with Crippen LogP contribution >= 0.6 is 0 Å². The van der Waals surface area contributed by atoms with Crippen molar-refractivity contribution in [2.24, 2.45) is 0 Å². The normalized spacial score (nSPS) is 11.1. The summed E-state index contributed by atoms with van der Waals surface area (Å²) in [6.07, 6.45) is 1.82. The van der Waals surface area contributed by atoms with E-state index in [1.54, 1.807) is 0 Å². The van der Waals surface area contributed by atoms with Crippen LogP contribution in [0.3, 0.4) is 0 Å². The van der Waals surface area contributed by atoms with E-state index in [9.17, 15) is 0 Å². The first-order valence-corrected chi connectivity index (χ1v) is 18.0. The Morgan fingerprint density at radius 3 is 1.47 bits per heavy atom. The van der Waals surface area contributed by atoms with Gasteiger partial charge in [-0.3, -0.25) is 9.13 Å². The third-order valence-electron chi connectivity index (χ3n) is 9.87. The minimum atomic E-state index is 0. The smallest absolute Gasteiger partial charge is 0.145 e. The van der Waals surface area contributed by atoms with Crippen molar-refractivity contribution in [1.29, 1.82) is 0 Å². The minimum absolute atomic E-state index is 0. The van der Waals surface area contributed by atoms with E-state index in [0.717, 1.165) is 89.7 Å². The van der Waals surface area contributed by atoms with E-state index < -0.39 is 0 Å². The molecule has 0 fully saturated rings. The van der Waals surface area contributed by atoms with Gasteiger partial charge in [0.1, 0.15) is 11.6 Å². The van der Waals surface area contributed by atoms with Gasteiger partial charge >= 0.3 is 0 Å².